The number of amides is 1. The van der Waals surface area contributed by atoms with E-state index in [0.29, 0.717) is 5.91 Å². The molecule has 6 nitrogen and oxygen atoms in total. The van der Waals surface area contributed by atoms with Gasteiger partial charge in [0.1, 0.15) is 5.82 Å². The van der Waals surface area contributed by atoms with Crippen molar-refractivity contribution in [3.05, 3.63) is 59.4 Å². The first kappa shape index (κ1) is 22.9. The molecular formula is C28H37N5O. The number of likely N-dealkylation sites (tertiary alicyclic amines) is 1. The van der Waals surface area contributed by atoms with Crippen LogP contribution in [0.2, 0.25) is 0 Å². The van der Waals surface area contributed by atoms with Crippen LogP contribution in [0.25, 0.3) is 11.0 Å². The van der Waals surface area contributed by atoms with Crippen LogP contribution in [0, 0.1) is 19.8 Å². The minimum atomic E-state index is 0.0980. The van der Waals surface area contributed by atoms with Crippen molar-refractivity contribution >= 4 is 22.6 Å². The lowest BCUT2D eigenvalue weighted by Gasteiger charge is -2.40. The van der Waals surface area contributed by atoms with Gasteiger partial charge in [-0.15, -0.1) is 0 Å². The van der Waals surface area contributed by atoms with Crippen molar-refractivity contribution in [1.29, 1.82) is 0 Å². The van der Waals surface area contributed by atoms with Crippen LogP contribution in [-0.4, -0.2) is 64.5 Å². The SMILES string of the molecule is CCn1c(CN2CCC[C@H](C(=O)N3CCN(c4ccc(C)cc4C)CC3)C2)nc2ccccc21. The Hall–Kier alpha value is -2.86. The summed E-state index contributed by atoms with van der Waals surface area (Å²) in [6, 6.07) is 15.0. The monoisotopic (exact) mass is 459 g/mol. The topological polar surface area (TPSA) is 44.6 Å². The molecule has 3 aromatic rings. The van der Waals surface area contributed by atoms with E-state index in [2.05, 4.69) is 82.5 Å². The molecule has 0 aliphatic carbocycles. The summed E-state index contributed by atoms with van der Waals surface area (Å²) in [5, 5.41) is 0. The van der Waals surface area contributed by atoms with Crippen molar-refractivity contribution in [3.8, 4) is 0 Å². The van der Waals surface area contributed by atoms with Crippen molar-refractivity contribution in [3.63, 3.8) is 0 Å². The highest BCUT2D eigenvalue weighted by Crippen LogP contribution is 2.25. The summed E-state index contributed by atoms with van der Waals surface area (Å²) in [6.45, 7) is 13.5. The molecule has 34 heavy (non-hydrogen) atoms. The lowest BCUT2D eigenvalue weighted by molar-refractivity contribution is -0.137. The second-order valence-corrected chi connectivity index (χ2v) is 9.94. The average Bonchev–Trinajstić information content (AvgIpc) is 3.21. The minimum Gasteiger partial charge on any atom is -0.368 e. The Labute approximate surface area is 203 Å². The first-order chi connectivity index (χ1) is 16.5. The van der Waals surface area contributed by atoms with E-state index in [0.717, 1.165) is 76.5 Å². The van der Waals surface area contributed by atoms with Crippen LogP contribution >= 0.6 is 0 Å². The van der Waals surface area contributed by atoms with E-state index in [1.165, 1.54) is 22.3 Å². The van der Waals surface area contributed by atoms with Crippen LogP contribution in [0.5, 0.6) is 0 Å². The predicted molar refractivity (Wildman–Crippen MR) is 138 cm³/mol. The maximum absolute atomic E-state index is 13.4. The molecule has 1 amide bonds. The number of hydrogen-bond acceptors (Lipinski definition) is 4. The number of rotatable bonds is 5. The third kappa shape index (κ3) is 4.56. The fourth-order valence-corrected chi connectivity index (χ4v) is 5.79. The van der Waals surface area contributed by atoms with Crippen LogP contribution in [0.1, 0.15) is 36.7 Å². The van der Waals surface area contributed by atoms with Crippen molar-refractivity contribution in [2.75, 3.05) is 44.2 Å². The van der Waals surface area contributed by atoms with E-state index in [1.54, 1.807) is 0 Å². The van der Waals surface area contributed by atoms with Gasteiger partial charge < -0.3 is 14.4 Å². The Morgan fingerprint density at radius 3 is 2.59 bits per heavy atom. The van der Waals surface area contributed by atoms with Crippen molar-refractivity contribution in [1.82, 2.24) is 19.4 Å². The lowest BCUT2D eigenvalue weighted by atomic mass is 9.96. The van der Waals surface area contributed by atoms with Gasteiger partial charge in [0.25, 0.3) is 0 Å². The molecular weight excluding hydrogens is 422 g/mol. The normalized spacial score (nSPS) is 19.7. The highest BCUT2D eigenvalue weighted by atomic mass is 16.2. The first-order valence-corrected chi connectivity index (χ1v) is 12.8. The summed E-state index contributed by atoms with van der Waals surface area (Å²) >= 11 is 0. The van der Waals surface area contributed by atoms with Crippen molar-refractivity contribution in [2.24, 2.45) is 5.92 Å². The zero-order valence-electron chi connectivity index (χ0n) is 20.8. The quantitative estimate of drug-likeness (QED) is 0.573. The molecule has 0 saturated carbocycles. The van der Waals surface area contributed by atoms with E-state index >= 15 is 0 Å². The van der Waals surface area contributed by atoms with Crippen LogP contribution in [0.3, 0.4) is 0 Å². The molecule has 180 valence electrons. The van der Waals surface area contributed by atoms with Crippen LogP contribution in [0.15, 0.2) is 42.5 Å². The van der Waals surface area contributed by atoms with Crippen LogP contribution < -0.4 is 4.90 Å². The van der Waals surface area contributed by atoms with Gasteiger partial charge in [-0.25, -0.2) is 4.98 Å². The van der Waals surface area contributed by atoms with Gasteiger partial charge in [-0.05, 0) is 63.9 Å². The highest BCUT2D eigenvalue weighted by molar-refractivity contribution is 5.79. The summed E-state index contributed by atoms with van der Waals surface area (Å²) in [5.41, 5.74) is 6.18. The number of anilines is 1. The summed E-state index contributed by atoms with van der Waals surface area (Å²) in [7, 11) is 0. The Bertz CT molecular complexity index is 1160. The lowest BCUT2D eigenvalue weighted by Crippen LogP contribution is -2.52. The molecule has 2 fully saturated rings. The van der Waals surface area contributed by atoms with Gasteiger partial charge in [-0.2, -0.15) is 0 Å². The zero-order valence-corrected chi connectivity index (χ0v) is 20.8. The van der Waals surface area contributed by atoms with Gasteiger partial charge in [0, 0.05) is 45.0 Å². The summed E-state index contributed by atoms with van der Waals surface area (Å²) in [4.78, 5) is 25.3. The molecule has 1 aromatic heterocycles. The molecule has 0 spiro atoms. The van der Waals surface area contributed by atoms with Gasteiger partial charge in [-0.1, -0.05) is 29.8 Å². The minimum absolute atomic E-state index is 0.0980. The third-order valence-corrected chi connectivity index (χ3v) is 7.55. The standard InChI is InChI=1S/C28H37N5O/c1-4-33-26-10-6-5-9-24(26)29-27(33)20-30-13-7-8-23(19-30)28(34)32-16-14-31(15-17-32)25-12-11-21(2)18-22(25)3/h5-6,9-12,18,23H,4,7-8,13-17,19-20H2,1-3H3/t23-/m0/s1. The molecule has 0 N–H and O–H groups in total. The molecule has 2 saturated heterocycles. The van der Waals surface area contributed by atoms with E-state index in [4.69, 9.17) is 4.98 Å². The van der Waals surface area contributed by atoms with Crippen molar-refractivity contribution < 1.29 is 4.79 Å². The molecule has 2 aromatic carbocycles. The van der Waals surface area contributed by atoms with Crippen molar-refractivity contribution in [2.45, 2.75) is 46.7 Å². The zero-order chi connectivity index (χ0) is 23.7. The molecule has 1 atom stereocenters. The Balaban J connectivity index is 1.20. The largest absolute Gasteiger partial charge is 0.368 e. The number of benzene rings is 2. The highest BCUT2D eigenvalue weighted by Gasteiger charge is 2.31. The van der Waals surface area contributed by atoms with Gasteiger partial charge >= 0.3 is 0 Å². The molecule has 0 radical (unpaired) electrons. The molecule has 6 heteroatoms. The maximum Gasteiger partial charge on any atom is 0.227 e. The number of aryl methyl sites for hydroxylation is 3. The number of fused-ring (bicyclic) bond motifs is 1. The van der Waals surface area contributed by atoms with Crippen LogP contribution in [-0.2, 0) is 17.9 Å². The van der Waals surface area contributed by atoms with E-state index in [-0.39, 0.29) is 5.92 Å². The van der Waals surface area contributed by atoms with Crippen LogP contribution in [0.4, 0.5) is 5.69 Å². The van der Waals surface area contributed by atoms with E-state index in [1.807, 2.05) is 0 Å². The number of aromatic nitrogens is 2. The summed E-state index contributed by atoms with van der Waals surface area (Å²) < 4.78 is 2.31. The van der Waals surface area contributed by atoms with Gasteiger partial charge in [-0.3, -0.25) is 9.69 Å². The fraction of sp³-hybridized carbons (Fsp3) is 0.500. The summed E-state index contributed by atoms with van der Waals surface area (Å²) in [5.74, 6) is 1.55. The predicted octanol–water partition coefficient (Wildman–Crippen LogP) is 4.23. The Morgan fingerprint density at radius 2 is 1.82 bits per heavy atom. The van der Waals surface area contributed by atoms with Gasteiger partial charge in [0.2, 0.25) is 5.91 Å². The second kappa shape index (κ2) is 9.79. The third-order valence-electron chi connectivity index (χ3n) is 7.55. The Kier molecular flexibility index (Phi) is 6.59. The molecule has 0 bridgehead atoms. The number of carbonyl (C=O) groups is 1. The number of nitrogens with zero attached hydrogens (tertiary/aromatic N) is 5. The summed E-state index contributed by atoms with van der Waals surface area (Å²) in [6.07, 6.45) is 2.07. The number of piperidine rings is 1. The number of imidazole rings is 1. The maximum atomic E-state index is 13.4. The second-order valence-electron chi connectivity index (χ2n) is 9.94. The number of para-hydroxylation sites is 2. The first-order valence-electron chi connectivity index (χ1n) is 12.8. The van der Waals surface area contributed by atoms with Gasteiger partial charge in [0.15, 0.2) is 0 Å². The number of carbonyl (C=O) groups excluding carboxylic acids is 1. The number of piperazine rings is 1. The van der Waals surface area contributed by atoms with E-state index < -0.39 is 0 Å². The molecule has 5 rings (SSSR count). The average molecular weight is 460 g/mol. The number of hydrogen-bond donors (Lipinski definition) is 0. The fourth-order valence-electron chi connectivity index (χ4n) is 5.79. The molecule has 3 heterocycles. The molecule has 2 aliphatic rings. The molecule has 2 aliphatic heterocycles. The van der Waals surface area contributed by atoms with E-state index in [9.17, 15) is 4.79 Å². The Morgan fingerprint density at radius 1 is 1.03 bits per heavy atom. The molecule has 0 unspecified atom stereocenters. The smallest absolute Gasteiger partial charge is 0.227 e. The van der Waals surface area contributed by atoms with Gasteiger partial charge in [0.05, 0.1) is 23.5 Å².